The van der Waals surface area contributed by atoms with Gasteiger partial charge in [-0.25, -0.2) is 0 Å². The smallest absolute Gasteiger partial charge is 0.285 e. The Morgan fingerprint density at radius 2 is 2.35 bits per heavy atom. The van der Waals surface area contributed by atoms with Crippen LogP contribution in [0.15, 0.2) is 35.8 Å². The summed E-state index contributed by atoms with van der Waals surface area (Å²) in [6, 6.07) is 7.51. The van der Waals surface area contributed by atoms with Crippen LogP contribution in [-0.2, 0) is 4.79 Å². The number of benzene rings is 1. The highest BCUT2D eigenvalue weighted by Gasteiger charge is 2.23. The highest BCUT2D eigenvalue weighted by Crippen LogP contribution is 2.27. The van der Waals surface area contributed by atoms with Crippen LogP contribution in [0.25, 0.3) is 0 Å². The van der Waals surface area contributed by atoms with Gasteiger partial charge in [0, 0.05) is 48.8 Å². The number of hydrogen-bond acceptors (Lipinski definition) is 4. The van der Waals surface area contributed by atoms with Gasteiger partial charge in [0.25, 0.3) is 5.91 Å². The second kappa shape index (κ2) is 8.56. The molecule has 0 radical (unpaired) electrons. The summed E-state index contributed by atoms with van der Waals surface area (Å²) in [6.07, 6.45) is 1.10. The van der Waals surface area contributed by atoms with Gasteiger partial charge < -0.3 is 10.2 Å². The lowest BCUT2D eigenvalue weighted by Crippen LogP contribution is -2.24. The molecule has 0 saturated carbocycles. The zero-order valence-corrected chi connectivity index (χ0v) is 14.1. The summed E-state index contributed by atoms with van der Waals surface area (Å²) in [4.78, 5) is 28.5. The molecule has 23 heavy (non-hydrogen) atoms. The lowest BCUT2D eigenvalue weighted by molar-refractivity contribution is -0.118. The van der Waals surface area contributed by atoms with Crippen LogP contribution in [0, 0.1) is 0 Å². The Kier molecular flexibility index (Phi) is 6.44. The average molecular weight is 331 g/mol. The van der Waals surface area contributed by atoms with Gasteiger partial charge in [-0.15, -0.1) is 0 Å². The van der Waals surface area contributed by atoms with Gasteiger partial charge in [0.15, 0.2) is 0 Å². The van der Waals surface area contributed by atoms with Crippen molar-refractivity contribution in [3.8, 4) is 0 Å². The summed E-state index contributed by atoms with van der Waals surface area (Å²) in [7, 11) is 0. The van der Waals surface area contributed by atoms with Crippen LogP contribution in [-0.4, -0.2) is 48.3 Å². The largest absolute Gasteiger partial charge is 0.370 e. The summed E-state index contributed by atoms with van der Waals surface area (Å²) in [5, 5.41) is 3.36. The Balaban J connectivity index is 1.89. The predicted molar refractivity (Wildman–Crippen MR) is 95.6 cm³/mol. The first-order valence-electron chi connectivity index (χ1n) is 7.58. The van der Waals surface area contributed by atoms with Gasteiger partial charge in [-0.1, -0.05) is 6.07 Å². The SMILES string of the molecule is C=C=NC(=O)c1cccc(N2CCC(SCCNC(C)=O)C2)c1. The number of carbonyl (C=O) groups is 2. The molecule has 1 aliphatic heterocycles. The average Bonchev–Trinajstić information content (AvgIpc) is 3.01. The second-order valence-corrected chi connectivity index (χ2v) is 6.74. The van der Waals surface area contributed by atoms with Crippen molar-refractivity contribution in [3.63, 3.8) is 0 Å². The van der Waals surface area contributed by atoms with Crippen LogP contribution in [0.4, 0.5) is 5.69 Å². The first-order chi connectivity index (χ1) is 11.1. The van der Waals surface area contributed by atoms with Crippen LogP contribution >= 0.6 is 11.8 Å². The van der Waals surface area contributed by atoms with E-state index in [1.807, 2.05) is 30.0 Å². The summed E-state index contributed by atoms with van der Waals surface area (Å²) in [5.41, 5.74) is 1.60. The Morgan fingerprint density at radius 1 is 1.52 bits per heavy atom. The molecule has 0 aromatic heterocycles. The molecule has 122 valence electrons. The number of nitrogens with zero attached hydrogens (tertiary/aromatic N) is 2. The van der Waals surface area contributed by atoms with E-state index in [9.17, 15) is 9.59 Å². The molecule has 2 amide bonds. The van der Waals surface area contributed by atoms with E-state index in [2.05, 4.69) is 27.7 Å². The zero-order valence-electron chi connectivity index (χ0n) is 13.2. The zero-order chi connectivity index (χ0) is 16.7. The third-order valence-corrected chi connectivity index (χ3v) is 4.91. The Hall–Kier alpha value is -2.04. The molecule has 1 aliphatic rings. The molecule has 1 unspecified atom stereocenters. The monoisotopic (exact) mass is 331 g/mol. The Bertz CT molecular complexity index is 626. The summed E-state index contributed by atoms with van der Waals surface area (Å²) < 4.78 is 0. The van der Waals surface area contributed by atoms with Gasteiger partial charge in [-0.05, 0) is 37.1 Å². The maximum Gasteiger partial charge on any atom is 0.285 e. The number of amides is 2. The highest BCUT2D eigenvalue weighted by atomic mass is 32.2. The molecule has 2 rings (SSSR count). The Morgan fingerprint density at radius 3 is 3.09 bits per heavy atom. The van der Waals surface area contributed by atoms with Crippen molar-refractivity contribution in [2.75, 3.05) is 30.3 Å². The highest BCUT2D eigenvalue weighted by molar-refractivity contribution is 7.99. The van der Waals surface area contributed by atoms with E-state index in [-0.39, 0.29) is 11.8 Å². The van der Waals surface area contributed by atoms with Gasteiger partial charge in [0.1, 0.15) is 0 Å². The minimum Gasteiger partial charge on any atom is -0.370 e. The maximum atomic E-state index is 11.8. The van der Waals surface area contributed by atoms with Crippen molar-refractivity contribution in [3.05, 3.63) is 36.4 Å². The molecular weight excluding hydrogens is 310 g/mol. The van der Waals surface area contributed by atoms with Gasteiger partial charge in [0.05, 0.1) is 0 Å². The lowest BCUT2D eigenvalue weighted by atomic mass is 10.2. The fourth-order valence-corrected chi connectivity index (χ4v) is 3.63. The summed E-state index contributed by atoms with van der Waals surface area (Å²) >= 11 is 1.88. The molecule has 1 fully saturated rings. The first-order valence-corrected chi connectivity index (χ1v) is 8.63. The normalized spacial score (nSPS) is 16.7. The van der Waals surface area contributed by atoms with Crippen molar-refractivity contribution in [2.45, 2.75) is 18.6 Å². The molecule has 5 nitrogen and oxygen atoms in total. The molecule has 0 spiro atoms. The van der Waals surface area contributed by atoms with Gasteiger partial charge in [0.2, 0.25) is 5.91 Å². The molecule has 0 bridgehead atoms. The molecule has 1 saturated heterocycles. The summed E-state index contributed by atoms with van der Waals surface area (Å²) in [5.74, 6) is 2.90. The van der Waals surface area contributed by atoms with Crippen molar-refractivity contribution in [2.24, 2.45) is 4.99 Å². The van der Waals surface area contributed by atoms with E-state index >= 15 is 0 Å². The van der Waals surface area contributed by atoms with Crippen molar-refractivity contribution in [1.29, 1.82) is 0 Å². The second-order valence-electron chi connectivity index (χ2n) is 5.34. The first kappa shape index (κ1) is 17.3. The van der Waals surface area contributed by atoms with Gasteiger partial charge >= 0.3 is 0 Å². The molecule has 1 aromatic rings. The number of carbonyl (C=O) groups excluding carboxylic acids is 2. The van der Waals surface area contributed by atoms with Crippen LogP contribution in [0.5, 0.6) is 0 Å². The molecule has 0 aliphatic carbocycles. The van der Waals surface area contributed by atoms with E-state index in [4.69, 9.17) is 0 Å². The number of hydrogen-bond donors (Lipinski definition) is 1. The Labute approximate surface area is 140 Å². The standard InChI is InChI=1S/C17H21N3O2S/c1-3-18-17(22)14-5-4-6-15(11-14)20-9-7-16(12-20)23-10-8-19-13(2)21/h4-6,11,16H,1,7-10,12H2,2H3,(H,19,21). The topological polar surface area (TPSA) is 61.8 Å². The third kappa shape index (κ3) is 5.27. The summed E-state index contributed by atoms with van der Waals surface area (Å²) in [6.45, 7) is 7.50. The molecule has 6 heteroatoms. The van der Waals surface area contributed by atoms with E-state index in [1.54, 1.807) is 6.07 Å². The van der Waals surface area contributed by atoms with E-state index in [0.29, 0.717) is 17.4 Å². The van der Waals surface area contributed by atoms with E-state index < -0.39 is 0 Å². The van der Waals surface area contributed by atoms with Crippen LogP contribution in [0.2, 0.25) is 0 Å². The molecule has 1 aromatic carbocycles. The molecule has 1 heterocycles. The minimum atomic E-state index is -0.317. The van der Waals surface area contributed by atoms with Crippen molar-refractivity contribution in [1.82, 2.24) is 5.32 Å². The lowest BCUT2D eigenvalue weighted by Gasteiger charge is -2.19. The van der Waals surface area contributed by atoms with Crippen LogP contribution in [0.3, 0.4) is 0 Å². The molecule has 1 atom stereocenters. The number of nitrogens with one attached hydrogen (secondary N) is 1. The van der Waals surface area contributed by atoms with E-state index in [0.717, 1.165) is 31.0 Å². The number of aliphatic imine (C=N–C) groups is 1. The predicted octanol–water partition coefficient (Wildman–Crippen LogP) is 2.13. The number of thioether (sulfide) groups is 1. The fraction of sp³-hybridized carbons (Fsp3) is 0.412. The number of anilines is 1. The quantitative estimate of drug-likeness (QED) is 0.641. The molecule has 1 N–H and O–H groups in total. The third-order valence-electron chi connectivity index (χ3n) is 3.61. The maximum absolute atomic E-state index is 11.8. The van der Waals surface area contributed by atoms with Gasteiger partial charge in [-0.2, -0.15) is 16.8 Å². The number of rotatable bonds is 6. The van der Waals surface area contributed by atoms with Crippen molar-refractivity contribution < 1.29 is 9.59 Å². The fourth-order valence-electron chi connectivity index (χ4n) is 2.52. The van der Waals surface area contributed by atoms with Crippen molar-refractivity contribution >= 4 is 35.1 Å². The van der Waals surface area contributed by atoms with Crippen LogP contribution < -0.4 is 10.2 Å². The molecular formula is C17H21N3O2S. The van der Waals surface area contributed by atoms with Gasteiger partial charge in [-0.3, -0.25) is 9.59 Å². The van der Waals surface area contributed by atoms with E-state index in [1.165, 1.54) is 6.92 Å². The van der Waals surface area contributed by atoms with Crippen LogP contribution in [0.1, 0.15) is 23.7 Å². The minimum absolute atomic E-state index is 0.0160.